The molecule has 1 heterocycles. The van der Waals surface area contributed by atoms with Gasteiger partial charge in [0.05, 0.1) is 11.4 Å². The highest BCUT2D eigenvalue weighted by atomic mass is 32.2. The first kappa shape index (κ1) is 14.4. The summed E-state index contributed by atoms with van der Waals surface area (Å²) in [5, 5.41) is 16.2. The Morgan fingerprint density at radius 3 is 2.45 bits per heavy atom. The average molecular weight is 303 g/mol. The number of halogens is 3. The molecule has 0 atom stereocenters. The lowest BCUT2D eigenvalue weighted by molar-refractivity contribution is -0.133. The van der Waals surface area contributed by atoms with Crippen molar-refractivity contribution < 1.29 is 23.1 Å². The van der Waals surface area contributed by atoms with Crippen LogP contribution in [-0.2, 0) is 4.79 Å². The first-order valence-electron chi connectivity index (χ1n) is 5.31. The van der Waals surface area contributed by atoms with Gasteiger partial charge in [0.15, 0.2) is 22.6 Å². The van der Waals surface area contributed by atoms with Crippen molar-refractivity contribution in [1.82, 2.24) is 14.8 Å². The van der Waals surface area contributed by atoms with Gasteiger partial charge < -0.3 is 5.11 Å². The number of nitrogens with zero attached hydrogens (tertiary/aromatic N) is 3. The zero-order valence-electron chi connectivity index (χ0n) is 10.1. The predicted octanol–water partition coefficient (Wildman–Crippen LogP) is 2.17. The van der Waals surface area contributed by atoms with Gasteiger partial charge in [-0.3, -0.25) is 9.36 Å². The lowest BCUT2D eigenvalue weighted by atomic mass is 10.3. The van der Waals surface area contributed by atoms with Crippen LogP contribution in [0.5, 0.6) is 0 Å². The third-order valence-corrected chi connectivity index (χ3v) is 3.26. The third kappa shape index (κ3) is 2.77. The normalized spacial score (nSPS) is 10.8. The van der Waals surface area contributed by atoms with Crippen LogP contribution in [-0.4, -0.2) is 31.6 Å². The molecular weight excluding hydrogens is 295 g/mol. The first-order chi connectivity index (χ1) is 9.40. The van der Waals surface area contributed by atoms with Crippen LogP contribution >= 0.6 is 11.8 Å². The molecule has 2 rings (SSSR count). The molecule has 0 aliphatic carbocycles. The highest BCUT2D eigenvalue weighted by Gasteiger charge is 2.17. The van der Waals surface area contributed by atoms with Crippen molar-refractivity contribution >= 4 is 17.7 Å². The number of carboxylic acids is 1. The quantitative estimate of drug-likeness (QED) is 0.692. The number of hydrogen-bond donors (Lipinski definition) is 1. The van der Waals surface area contributed by atoms with Gasteiger partial charge in [0.1, 0.15) is 5.82 Å². The van der Waals surface area contributed by atoms with E-state index in [1.807, 2.05) is 0 Å². The summed E-state index contributed by atoms with van der Waals surface area (Å²) in [6, 6.07) is 1.58. The van der Waals surface area contributed by atoms with Crippen molar-refractivity contribution in [3.05, 3.63) is 35.4 Å². The highest BCUT2D eigenvalue weighted by Crippen LogP contribution is 2.24. The van der Waals surface area contributed by atoms with Crippen LogP contribution in [0.1, 0.15) is 5.82 Å². The van der Waals surface area contributed by atoms with Crippen LogP contribution in [0.25, 0.3) is 5.69 Å². The molecule has 0 bridgehead atoms. The van der Waals surface area contributed by atoms with E-state index < -0.39 is 23.4 Å². The average Bonchev–Trinajstić information content (AvgIpc) is 2.74. The summed E-state index contributed by atoms with van der Waals surface area (Å²) in [6.07, 6.45) is 0. The van der Waals surface area contributed by atoms with Crippen LogP contribution in [0.2, 0.25) is 0 Å². The van der Waals surface area contributed by atoms with Gasteiger partial charge >= 0.3 is 5.97 Å². The minimum Gasteiger partial charge on any atom is -0.481 e. The van der Waals surface area contributed by atoms with Gasteiger partial charge in [-0.2, -0.15) is 0 Å². The molecule has 0 saturated heterocycles. The molecule has 0 unspecified atom stereocenters. The van der Waals surface area contributed by atoms with Gasteiger partial charge in [-0.25, -0.2) is 13.2 Å². The number of hydrogen-bond acceptors (Lipinski definition) is 4. The van der Waals surface area contributed by atoms with E-state index >= 15 is 0 Å². The maximum Gasteiger partial charge on any atom is 0.313 e. The molecule has 9 heteroatoms. The molecule has 0 aliphatic rings. The van der Waals surface area contributed by atoms with E-state index in [1.165, 1.54) is 11.5 Å². The van der Waals surface area contributed by atoms with Crippen LogP contribution in [0, 0.1) is 24.4 Å². The third-order valence-electron chi connectivity index (χ3n) is 2.35. The molecule has 1 aromatic heterocycles. The van der Waals surface area contributed by atoms with Crippen molar-refractivity contribution in [2.24, 2.45) is 0 Å². The number of thioether (sulfide) groups is 1. The van der Waals surface area contributed by atoms with Crippen LogP contribution in [0.4, 0.5) is 13.2 Å². The monoisotopic (exact) mass is 303 g/mol. The van der Waals surface area contributed by atoms with Crippen LogP contribution in [0.3, 0.4) is 0 Å². The highest BCUT2D eigenvalue weighted by molar-refractivity contribution is 7.99. The fourth-order valence-electron chi connectivity index (χ4n) is 1.53. The number of aliphatic carboxylic acids is 1. The summed E-state index contributed by atoms with van der Waals surface area (Å²) in [7, 11) is 0. The lowest BCUT2D eigenvalue weighted by Crippen LogP contribution is -2.05. The molecule has 0 amide bonds. The summed E-state index contributed by atoms with van der Waals surface area (Å²) in [6.45, 7) is 1.52. The topological polar surface area (TPSA) is 68.0 Å². The summed E-state index contributed by atoms with van der Waals surface area (Å²) in [5.41, 5.74) is -0.0169. The first-order valence-corrected chi connectivity index (χ1v) is 6.30. The zero-order chi connectivity index (χ0) is 14.9. The van der Waals surface area contributed by atoms with Gasteiger partial charge in [0.2, 0.25) is 0 Å². The molecule has 0 spiro atoms. The SMILES string of the molecule is Cc1nnc(SCC(=O)O)n1-c1cc(F)c(F)c(F)c1. The second-order valence-corrected chi connectivity index (χ2v) is 4.71. The molecular formula is C11H8F3N3O2S. The van der Waals surface area contributed by atoms with E-state index in [1.54, 1.807) is 0 Å². The Bertz CT molecular complexity index is 652. The molecule has 20 heavy (non-hydrogen) atoms. The number of carboxylic acid groups (broad SMARTS) is 1. The fraction of sp³-hybridized carbons (Fsp3) is 0.182. The molecule has 106 valence electrons. The van der Waals surface area contributed by atoms with Gasteiger partial charge in [0.25, 0.3) is 0 Å². The standard InChI is InChI=1S/C11H8F3N3O2S/c1-5-15-16-11(20-4-9(18)19)17(5)6-2-7(12)10(14)8(13)3-6/h2-3H,4H2,1H3,(H,18,19). The largest absolute Gasteiger partial charge is 0.481 e. The van der Waals surface area contributed by atoms with Crippen molar-refractivity contribution in [3.63, 3.8) is 0 Å². The Morgan fingerprint density at radius 1 is 1.30 bits per heavy atom. The molecule has 0 radical (unpaired) electrons. The molecule has 2 aromatic rings. The number of aryl methyl sites for hydroxylation is 1. The summed E-state index contributed by atoms with van der Waals surface area (Å²) < 4.78 is 40.7. The van der Waals surface area contributed by atoms with E-state index in [0.29, 0.717) is 5.82 Å². The Kier molecular flexibility index (Phi) is 3.98. The van der Waals surface area contributed by atoms with Crippen LogP contribution in [0.15, 0.2) is 17.3 Å². The second kappa shape index (κ2) is 5.53. The van der Waals surface area contributed by atoms with Gasteiger partial charge in [-0.05, 0) is 6.92 Å². The van der Waals surface area contributed by atoms with Gasteiger partial charge in [-0.1, -0.05) is 11.8 Å². The maximum atomic E-state index is 13.2. The molecule has 0 aliphatic heterocycles. The Labute approximate surface area is 115 Å². The van der Waals surface area contributed by atoms with Crippen LogP contribution < -0.4 is 0 Å². The van der Waals surface area contributed by atoms with E-state index in [0.717, 1.165) is 23.9 Å². The van der Waals surface area contributed by atoms with Crippen molar-refractivity contribution in [2.45, 2.75) is 12.1 Å². The van der Waals surface area contributed by atoms with Crippen molar-refractivity contribution in [1.29, 1.82) is 0 Å². The lowest BCUT2D eigenvalue weighted by Gasteiger charge is -2.08. The van der Waals surface area contributed by atoms with E-state index in [2.05, 4.69) is 10.2 Å². The van der Waals surface area contributed by atoms with E-state index in [9.17, 15) is 18.0 Å². The smallest absolute Gasteiger partial charge is 0.313 e. The van der Waals surface area contributed by atoms with E-state index in [4.69, 9.17) is 5.11 Å². The maximum absolute atomic E-state index is 13.2. The Hall–Kier alpha value is -2.03. The number of rotatable bonds is 4. The summed E-state index contributed by atoms with van der Waals surface area (Å²) in [4.78, 5) is 10.5. The zero-order valence-corrected chi connectivity index (χ0v) is 10.9. The molecule has 0 saturated carbocycles. The summed E-state index contributed by atoms with van der Waals surface area (Å²) in [5.74, 6) is -5.32. The number of aromatic nitrogens is 3. The van der Waals surface area contributed by atoms with E-state index in [-0.39, 0.29) is 16.6 Å². The minimum atomic E-state index is -1.57. The molecule has 5 nitrogen and oxygen atoms in total. The second-order valence-electron chi connectivity index (χ2n) is 3.77. The fourth-order valence-corrected chi connectivity index (χ4v) is 2.25. The summed E-state index contributed by atoms with van der Waals surface area (Å²) >= 11 is 0.838. The molecule has 1 N–H and O–H groups in total. The van der Waals surface area contributed by atoms with Crippen molar-refractivity contribution in [2.75, 3.05) is 5.75 Å². The van der Waals surface area contributed by atoms with Crippen molar-refractivity contribution in [3.8, 4) is 5.69 Å². The molecule has 0 fully saturated rings. The molecule has 1 aromatic carbocycles. The van der Waals surface area contributed by atoms with Gasteiger partial charge in [-0.15, -0.1) is 10.2 Å². The minimum absolute atomic E-state index is 0.0169. The Morgan fingerprint density at radius 2 is 1.90 bits per heavy atom. The number of benzene rings is 1. The predicted molar refractivity (Wildman–Crippen MR) is 64.3 cm³/mol. The van der Waals surface area contributed by atoms with Gasteiger partial charge in [0, 0.05) is 12.1 Å². The number of carbonyl (C=O) groups is 1. The Balaban J connectivity index is 2.47.